The van der Waals surface area contributed by atoms with Crippen LogP contribution in [-0.4, -0.2) is 17.6 Å². The molecule has 0 bridgehead atoms. The van der Waals surface area contributed by atoms with Crippen molar-refractivity contribution in [2.75, 3.05) is 11.9 Å². The molecular weight excluding hydrogens is 210 g/mol. The van der Waals surface area contributed by atoms with E-state index in [0.29, 0.717) is 12.4 Å². The largest absolute Gasteiger partial charge is 0.475 e. The molecule has 5 heteroatoms. The smallest absolute Gasteiger partial charge is 0.371 e. The first kappa shape index (κ1) is 10.4. The van der Waals surface area contributed by atoms with E-state index in [4.69, 9.17) is 13.9 Å². The van der Waals surface area contributed by atoms with Crippen LogP contribution >= 0.6 is 0 Å². The Labute approximate surface area is 91.7 Å². The van der Waals surface area contributed by atoms with Gasteiger partial charge in [0.25, 0.3) is 0 Å². The first-order valence-electron chi connectivity index (χ1n) is 4.85. The number of aromatic carboxylic acids is 1. The van der Waals surface area contributed by atoms with E-state index in [2.05, 4.69) is 5.32 Å². The van der Waals surface area contributed by atoms with Gasteiger partial charge >= 0.3 is 5.97 Å². The molecule has 0 saturated carbocycles. The van der Waals surface area contributed by atoms with Gasteiger partial charge in [0.15, 0.2) is 5.88 Å². The third-order valence-corrected chi connectivity index (χ3v) is 2.07. The average Bonchev–Trinajstić information content (AvgIpc) is 2.87. The minimum atomic E-state index is -1.07. The number of nitrogens with one attached hydrogen (secondary N) is 1. The lowest BCUT2D eigenvalue weighted by Crippen LogP contribution is -2.03. The Balaban J connectivity index is 1.83. The Bertz CT molecular complexity index is 458. The zero-order valence-corrected chi connectivity index (χ0v) is 8.47. The molecule has 0 aliphatic heterocycles. The van der Waals surface area contributed by atoms with E-state index in [9.17, 15) is 4.79 Å². The minimum absolute atomic E-state index is 0.0690. The predicted octanol–water partition coefficient (Wildman–Crippen LogP) is 2.23. The van der Waals surface area contributed by atoms with Crippen molar-refractivity contribution in [3.8, 4) is 0 Å². The van der Waals surface area contributed by atoms with Crippen molar-refractivity contribution >= 4 is 11.9 Å². The first-order chi connectivity index (χ1) is 7.75. The fraction of sp³-hybridized carbons (Fsp3) is 0.182. The van der Waals surface area contributed by atoms with Gasteiger partial charge in [-0.05, 0) is 18.2 Å². The van der Waals surface area contributed by atoms with Gasteiger partial charge in [-0.25, -0.2) is 4.79 Å². The number of rotatable bonds is 5. The molecule has 0 radical (unpaired) electrons. The molecule has 0 aliphatic rings. The molecule has 0 spiro atoms. The normalized spacial score (nSPS) is 10.2. The summed E-state index contributed by atoms with van der Waals surface area (Å²) in [7, 11) is 0. The molecule has 2 aromatic rings. The van der Waals surface area contributed by atoms with Crippen LogP contribution in [0.1, 0.15) is 16.3 Å². The Morgan fingerprint density at radius 1 is 1.38 bits per heavy atom. The highest BCUT2D eigenvalue weighted by Crippen LogP contribution is 2.13. The Morgan fingerprint density at radius 2 is 2.25 bits per heavy atom. The highest BCUT2D eigenvalue weighted by Gasteiger charge is 2.08. The van der Waals surface area contributed by atoms with Crippen LogP contribution in [0.3, 0.4) is 0 Å². The lowest BCUT2D eigenvalue weighted by molar-refractivity contribution is 0.0663. The van der Waals surface area contributed by atoms with Gasteiger partial charge in [0.05, 0.1) is 6.26 Å². The number of hydrogen-bond acceptors (Lipinski definition) is 4. The third-order valence-electron chi connectivity index (χ3n) is 2.07. The summed E-state index contributed by atoms with van der Waals surface area (Å²) in [5.74, 6) is 0.182. The number of anilines is 1. The van der Waals surface area contributed by atoms with Gasteiger partial charge in [0, 0.05) is 19.0 Å². The molecule has 0 aliphatic carbocycles. The fourth-order valence-electron chi connectivity index (χ4n) is 1.31. The number of carbonyl (C=O) groups is 1. The van der Waals surface area contributed by atoms with Gasteiger partial charge in [0.1, 0.15) is 5.76 Å². The molecule has 2 N–H and O–H groups in total. The fourth-order valence-corrected chi connectivity index (χ4v) is 1.31. The second-order valence-electron chi connectivity index (χ2n) is 3.23. The SMILES string of the molecule is O=C(O)c1ccc(NCCc2ccco2)o1. The predicted molar refractivity (Wildman–Crippen MR) is 56.6 cm³/mol. The van der Waals surface area contributed by atoms with Crippen molar-refractivity contribution in [2.45, 2.75) is 6.42 Å². The standard InChI is InChI=1S/C11H11NO4/c13-11(14)9-3-4-10(16-9)12-6-5-8-2-1-7-15-8/h1-4,7,12H,5-6H2,(H,13,14). The van der Waals surface area contributed by atoms with Gasteiger partial charge in [0.2, 0.25) is 5.76 Å². The van der Waals surface area contributed by atoms with Gasteiger partial charge in [-0.1, -0.05) is 0 Å². The first-order valence-corrected chi connectivity index (χ1v) is 4.85. The highest BCUT2D eigenvalue weighted by atomic mass is 16.4. The zero-order valence-electron chi connectivity index (χ0n) is 8.47. The van der Waals surface area contributed by atoms with Crippen molar-refractivity contribution in [3.63, 3.8) is 0 Å². The summed E-state index contributed by atoms with van der Waals surface area (Å²) in [6.07, 6.45) is 2.33. The van der Waals surface area contributed by atoms with E-state index in [1.54, 1.807) is 12.3 Å². The van der Waals surface area contributed by atoms with Crippen LogP contribution in [0.5, 0.6) is 0 Å². The number of carboxylic acid groups (broad SMARTS) is 1. The van der Waals surface area contributed by atoms with Crippen molar-refractivity contribution in [1.82, 2.24) is 0 Å². The van der Waals surface area contributed by atoms with E-state index in [1.165, 1.54) is 6.07 Å². The topological polar surface area (TPSA) is 75.6 Å². The van der Waals surface area contributed by atoms with Gasteiger partial charge in [-0.2, -0.15) is 0 Å². The van der Waals surface area contributed by atoms with E-state index in [1.807, 2.05) is 12.1 Å². The van der Waals surface area contributed by atoms with Gasteiger partial charge in [-0.15, -0.1) is 0 Å². The second kappa shape index (κ2) is 4.57. The van der Waals surface area contributed by atoms with E-state index in [0.717, 1.165) is 12.2 Å². The number of furan rings is 2. The molecule has 0 saturated heterocycles. The summed E-state index contributed by atoms with van der Waals surface area (Å²) in [6, 6.07) is 6.71. The monoisotopic (exact) mass is 221 g/mol. The third kappa shape index (κ3) is 2.44. The maximum Gasteiger partial charge on any atom is 0.371 e. The number of hydrogen-bond donors (Lipinski definition) is 2. The summed E-state index contributed by atoms with van der Waals surface area (Å²) in [5.41, 5.74) is 0. The molecular formula is C11H11NO4. The average molecular weight is 221 g/mol. The highest BCUT2D eigenvalue weighted by molar-refractivity contribution is 5.84. The summed E-state index contributed by atoms with van der Waals surface area (Å²) >= 11 is 0. The Kier molecular flexibility index (Phi) is 2.95. The van der Waals surface area contributed by atoms with Crippen molar-refractivity contribution in [2.24, 2.45) is 0 Å². The van der Waals surface area contributed by atoms with Gasteiger partial charge < -0.3 is 19.3 Å². The van der Waals surface area contributed by atoms with Crippen LogP contribution in [0.4, 0.5) is 5.88 Å². The van der Waals surface area contributed by atoms with Crippen LogP contribution in [-0.2, 0) is 6.42 Å². The molecule has 5 nitrogen and oxygen atoms in total. The molecule has 0 atom stereocenters. The van der Waals surface area contributed by atoms with Crippen LogP contribution in [0.25, 0.3) is 0 Å². The van der Waals surface area contributed by atoms with Crippen LogP contribution in [0.15, 0.2) is 39.4 Å². The maximum atomic E-state index is 10.5. The summed E-state index contributed by atoms with van der Waals surface area (Å²) in [6.45, 7) is 0.625. The summed E-state index contributed by atoms with van der Waals surface area (Å²) < 4.78 is 10.2. The van der Waals surface area contributed by atoms with Crippen LogP contribution < -0.4 is 5.32 Å². The lowest BCUT2D eigenvalue weighted by atomic mass is 10.3. The molecule has 0 aromatic carbocycles. The lowest BCUT2D eigenvalue weighted by Gasteiger charge is -2.00. The minimum Gasteiger partial charge on any atom is -0.475 e. The molecule has 84 valence electrons. The Hall–Kier alpha value is -2.17. The van der Waals surface area contributed by atoms with E-state index < -0.39 is 5.97 Å². The maximum absolute atomic E-state index is 10.5. The second-order valence-corrected chi connectivity index (χ2v) is 3.23. The molecule has 16 heavy (non-hydrogen) atoms. The quantitative estimate of drug-likeness (QED) is 0.809. The molecule has 2 heterocycles. The summed E-state index contributed by atoms with van der Waals surface area (Å²) in [4.78, 5) is 10.5. The Morgan fingerprint density at radius 3 is 2.88 bits per heavy atom. The van der Waals surface area contributed by atoms with E-state index >= 15 is 0 Å². The van der Waals surface area contributed by atoms with Crippen LogP contribution in [0.2, 0.25) is 0 Å². The molecule has 0 unspecified atom stereocenters. The van der Waals surface area contributed by atoms with Crippen molar-refractivity contribution in [1.29, 1.82) is 0 Å². The van der Waals surface area contributed by atoms with E-state index in [-0.39, 0.29) is 5.76 Å². The zero-order chi connectivity index (χ0) is 11.4. The van der Waals surface area contributed by atoms with Crippen LogP contribution in [0, 0.1) is 0 Å². The van der Waals surface area contributed by atoms with Crippen molar-refractivity contribution in [3.05, 3.63) is 42.0 Å². The number of carboxylic acids is 1. The summed E-state index contributed by atoms with van der Waals surface area (Å²) in [5, 5.41) is 11.6. The molecule has 0 fully saturated rings. The molecule has 0 amide bonds. The van der Waals surface area contributed by atoms with Gasteiger partial charge in [-0.3, -0.25) is 0 Å². The molecule has 2 aromatic heterocycles. The van der Waals surface area contributed by atoms with Crippen molar-refractivity contribution < 1.29 is 18.7 Å². The molecule has 2 rings (SSSR count).